The molecule has 6 fully saturated rings. The van der Waals surface area contributed by atoms with Crippen LogP contribution in [0.2, 0.25) is 0 Å². The van der Waals surface area contributed by atoms with Crippen molar-refractivity contribution in [2.24, 2.45) is 23.2 Å². The highest BCUT2D eigenvalue weighted by Crippen LogP contribution is 2.60. The van der Waals surface area contributed by atoms with Crippen molar-refractivity contribution in [2.45, 2.75) is 82.3 Å². The normalized spacial score (nSPS) is 37.5. The Morgan fingerprint density at radius 3 is 2.29 bits per heavy atom. The summed E-state index contributed by atoms with van der Waals surface area (Å²) in [5.41, 5.74) is -0.193. The molecule has 6 nitrogen and oxygen atoms in total. The number of rotatable bonds is 6. The van der Waals surface area contributed by atoms with Gasteiger partial charge in [0.25, 0.3) is 5.91 Å². The Morgan fingerprint density at radius 1 is 1.09 bits per heavy atom. The molecule has 1 heterocycles. The number of likely N-dealkylation sites (tertiary alicyclic amines) is 1. The van der Waals surface area contributed by atoms with Crippen LogP contribution < -0.4 is 4.74 Å². The molecule has 7 heteroatoms. The number of nitrogens with zero attached hydrogens (tertiary/aromatic N) is 1. The highest BCUT2D eigenvalue weighted by Gasteiger charge is 2.51. The molecule has 1 N–H and O–H groups in total. The minimum Gasteiger partial charge on any atom is -0.493 e. The maximum Gasteiger partial charge on any atom is 0.328 e. The molecule has 5 aliphatic carbocycles. The van der Waals surface area contributed by atoms with Crippen molar-refractivity contribution >= 4 is 11.9 Å². The Kier molecular flexibility index (Phi) is 5.44. The molecule has 1 aromatic rings. The predicted molar refractivity (Wildman–Crippen MR) is 127 cm³/mol. The second-order valence-corrected chi connectivity index (χ2v) is 12.5. The monoisotopic (exact) mass is 485 g/mol. The number of carbonyl (C=O) groups excluding carboxylic acids is 2. The lowest BCUT2D eigenvalue weighted by atomic mass is 9.50. The van der Waals surface area contributed by atoms with Crippen molar-refractivity contribution in [3.05, 3.63) is 29.1 Å². The van der Waals surface area contributed by atoms with E-state index in [-0.39, 0.29) is 29.9 Å². The zero-order chi connectivity index (χ0) is 24.5. The first kappa shape index (κ1) is 23.3. The summed E-state index contributed by atoms with van der Waals surface area (Å²) in [6, 6.07) is 2.08. The number of methoxy groups -OCH3 is 1. The number of aliphatic hydroxyl groups is 1. The fourth-order valence-corrected chi connectivity index (χ4v) is 8.05. The molecule has 1 amide bonds. The van der Waals surface area contributed by atoms with Crippen LogP contribution in [0.4, 0.5) is 4.39 Å². The van der Waals surface area contributed by atoms with Gasteiger partial charge in [-0.2, -0.15) is 0 Å². The van der Waals surface area contributed by atoms with Gasteiger partial charge in [0.15, 0.2) is 0 Å². The number of hydrogen-bond donors (Lipinski definition) is 1. The molecule has 1 aliphatic heterocycles. The van der Waals surface area contributed by atoms with E-state index in [4.69, 9.17) is 9.47 Å². The lowest BCUT2D eigenvalue weighted by Gasteiger charge is -2.56. The largest absolute Gasteiger partial charge is 0.493 e. The van der Waals surface area contributed by atoms with E-state index in [2.05, 4.69) is 0 Å². The highest BCUT2D eigenvalue weighted by atomic mass is 19.1. The van der Waals surface area contributed by atoms with E-state index in [0.717, 1.165) is 36.2 Å². The van der Waals surface area contributed by atoms with Crippen LogP contribution in [0.1, 0.15) is 86.6 Å². The number of ether oxygens (including phenoxy) is 2. The van der Waals surface area contributed by atoms with Crippen molar-refractivity contribution in [1.29, 1.82) is 0 Å². The number of halogens is 1. The van der Waals surface area contributed by atoms with Gasteiger partial charge in [0, 0.05) is 17.9 Å². The van der Waals surface area contributed by atoms with Crippen LogP contribution in [0.5, 0.6) is 5.75 Å². The third-order valence-corrected chi connectivity index (χ3v) is 9.30. The average Bonchev–Trinajstić information content (AvgIpc) is 3.58. The van der Waals surface area contributed by atoms with Gasteiger partial charge in [-0.15, -0.1) is 0 Å². The second kappa shape index (κ2) is 8.19. The van der Waals surface area contributed by atoms with E-state index in [1.54, 1.807) is 13.0 Å². The van der Waals surface area contributed by atoms with Crippen LogP contribution in [-0.4, -0.2) is 53.8 Å². The van der Waals surface area contributed by atoms with Crippen molar-refractivity contribution in [1.82, 2.24) is 4.90 Å². The van der Waals surface area contributed by atoms with Gasteiger partial charge in [-0.25, -0.2) is 9.18 Å². The number of benzene rings is 1. The van der Waals surface area contributed by atoms with Gasteiger partial charge in [0.2, 0.25) is 0 Å². The number of amides is 1. The molecule has 0 spiro atoms. The van der Waals surface area contributed by atoms with Gasteiger partial charge in [-0.1, -0.05) is 0 Å². The molecule has 0 radical (unpaired) electrons. The van der Waals surface area contributed by atoms with E-state index in [1.165, 1.54) is 56.6 Å². The van der Waals surface area contributed by atoms with Gasteiger partial charge >= 0.3 is 5.97 Å². The average molecular weight is 486 g/mol. The third-order valence-electron chi connectivity index (χ3n) is 9.30. The molecule has 1 saturated heterocycles. The van der Waals surface area contributed by atoms with Crippen molar-refractivity contribution in [2.75, 3.05) is 20.3 Å². The van der Waals surface area contributed by atoms with Crippen molar-refractivity contribution in [3.63, 3.8) is 0 Å². The topological polar surface area (TPSA) is 76.1 Å². The molecule has 0 aromatic heterocycles. The zero-order valence-electron chi connectivity index (χ0n) is 20.7. The number of carbonyl (C=O) groups is 2. The fourth-order valence-electron chi connectivity index (χ4n) is 8.05. The highest BCUT2D eigenvalue weighted by molar-refractivity contribution is 5.98. The van der Waals surface area contributed by atoms with Crippen LogP contribution in [-0.2, 0) is 9.53 Å². The van der Waals surface area contributed by atoms with Crippen LogP contribution in [0.25, 0.3) is 0 Å². The molecule has 2 atom stereocenters. The Morgan fingerprint density at radius 2 is 1.71 bits per heavy atom. The molecule has 35 heavy (non-hydrogen) atoms. The first-order valence-corrected chi connectivity index (χ1v) is 13.2. The van der Waals surface area contributed by atoms with Crippen LogP contribution >= 0.6 is 0 Å². The van der Waals surface area contributed by atoms with Crippen molar-refractivity contribution < 1.29 is 28.6 Å². The first-order chi connectivity index (χ1) is 16.7. The van der Waals surface area contributed by atoms with Crippen LogP contribution in [0.3, 0.4) is 0 Å². The van der Waals surface area contributed by atoms with E-state index in [9.17, 15) is 14.7 Å². The van der Waals surface area contributed by atoms with Gasteiger partial charge < -0.3 is 19.5 Å². The number of β-amino-alcohol motifs (C(OH)–C–C–N with tert-alkyl or cyclic N) is 1. The molecular weight excluding hydrogens is 449 g/mol. The molecule has 190 valence electrons. The standard InChI is InChI=1S/C28H36FNO5/c1-27(33)13-23(26(32)34-2)30(14-27)25(31)21-8-20(19-3-4-19)24(9-22(21)29)35-15-28-10-16-5-17(11-28)7-18(6-16)12-28/h8-9,16-19,23,33H,3-7,10-15H2,1-2H3/t16?,17?,18?,23-,27?,28?/m0/s1. The molecule has 6 aliphatic rings. The molecule has 5 saturated carbocycles. The summed E-state index contributed by atoms with van der Waals surface area (Å²) in [7, 11) is 1.25. The smallest absolute Gasteiger partial charge is 0.328 e. The van der Waals surface area contributed by atoms with Crippen LogP contribution in [0, 0.1) is 29.0 Å². The molecule has 7 rings (SSSR count). The van der Waals surface area contributed by atoms with E-state index < -0.39 is 29.3 Å². The zero-order valence-corrected chi connectivity index (χ0v) is 20.7. The Balaban J connectivity index is 1.25. The second-order valence-electron chi connectivity index (χ2n) is 12.5. The molecular formula is C28H36FNO5. The summed E-state index contributed by atoms with van der Waals surface area (Å²) in [4.78, 5) is 26.9. The Bertz CT molecular complexity index is 1010. The summed E-state index contributed by atoms with van der Waals surface area (Å²) >= 11 is 0. The summed E-state index contributed by atoms with van der Waals surface area (Å²) < 4.78 is 26.6. The lowest BCUT2D eigenvalue weighted by Crippen LogP contribution is -2.48. The van der Waals surface area contributed by atoms with E-state index in [1.807, 2.05) is 0 Å². The quantitative estimate of drug-likeness (QED) is 0.603. The number of hydrogen-bond acceptors (Lipinski definition) is 5. The first-order valence-electron chi connectivity index (χ1n) is 13.2. The summed E-state index contributed by atoms with van der Waals surface area (Å²) in [5, 5.41) is 10.5. The maximum atomic E-state index is 15.4. The molecule has 4 bridgehead atoms. The van der Waals surface area contributed by atoms with Gasteiger partial charge in [-0.3, -0.25) is 4.79 Å². The SMILES string of the molecule is COC(=O)[C@@H]1CC(C)(O)CN1C(=O)c1cc(C2CC2)c(OCC23CC4CC(CC(C4)C2)C3)cc1F. The van der Waals surface area contributed by atoms with Gasteiger partial charge in [0.05, 0.1) is 31.4 Å². The van der Waals surface area contributed by atoms with E-state index in [0.29, 0.717) is 12.4 Å². The maximum absolute atomic E-state index is 15.4. The fraction of sp³-hybridized carbons (Fsp3) is 0.714. The number of esters is 1. The lowest BCUT2D eigenvalue weighted by molar-refractivity contribution is -0.145. The van der Waals surface area contributed by atoms with Crippen LogP contribution in [0.15, 0.2) is 12.1 Å². The molecule has 1 unspecified atom stereocenters. The Hall–Kier alpha value is -2.15. The predicted octanol–water partition coefficient (Wildman–Crippen LogP) is 4.44. The summed E-state index contributed by atoms with van der Waals surface area (Å²) in [5.74, 6) is 1.47. The van der Waals surface area contributed by atoms with Crippen molar-refractivity contribution in [3.8, 4) is 5.75 Å². The minimum atomic E-state index is -1.23. The summed E-state index contributed by atoms with van der Waals surface area (Å²) in [6.07, 6.45) is 9.83. The van der Waals surface area contributed by atoms with E-state index >= 15 is 4.39 Å². The Labute approximate surface area is 206 Å². The minimum absolute atomic E-state index is 0.0475. The third kappa shape index (κ3) is 4.24. The van der Waals surface area contributed by atoms with Gasteiger partial charge in [-0.05, 0) is 93.6 Å². The molecule has 1 aromatic carbocycles. The summed E-state index contributed by atoms with van der Waals surface area (Å²) in [6.45, 7) is 2.15. The van der Waals surface area contributed by atoms with Gasteiger partial charge in [0.1, 0.15) is 17.6 Å².